The fourth-order valence-corrected chi connectivity index (χ4v) is 3.70. The van der Waals surface area contributed by atoms with E-state index in [-0.39, 0.29) is 23.0 Å². The van der Waals surface area contributed by atoms with Crippen molar-refractivity contribution in [2.75, 3.05) is 12.9 Å². The highest BCUT2D eigenvalue weighted by molar-refractivity contribution is 8.00. The van der Waals surface area contributed by atoms with Gasteiger partial charge in [-0.2, -0.15) is 18.3 Å². The number of nitrogens with zero attached hydrogens (tertiary/aromatic N) is 2. The van der Waals surface area contributed by atoms with E-state index in [0.29, 0.717) is 0 Å². The number of hydrogen-bond acceptors (Lipinski definition) is 5. The van der Waals surface area contributed by atoms with Crippen LogP contribution < -0.4 is 10.2 Å². The van der Waals surface area contributed by atoms with Crippen molar-refractivity contribution in [3.05, 3.63) is 65.4 Å². The Kier molecular flexibility index (Phi) is 6.61. The van der Waals surface area contributed by atoms with Crippen molar-refractivity contribution in [2.45, 2.75) is 18.0 Å². The molecular formula is C21H18F3N3O2S. The maximum atomic E-state index is 13.1. The molecule has 0 unspecified atom stereocenters. The maximum absolute atomic E-state index is 13.1. The number of hydrazone groups is 1. The molecule has 2 aromatic carbocycles. The molecule has 156 valence electrons. The molecule has 1 heterocycles. The predicted octanol–water partition coefficient (Wildman–Crippen LogP) is 4.81. The first-order chi connectivity index (χ1) is 14.3. The van der Waals surface area contributed by atoms with Gasteiger partial charge in [-0.1, -0.05) is 18.2 Å². The number of para-hydroxylation sites is 1. The molecule has 0 fully saturated rings. The van der Waals surface area contributed by atoms with Crippen LogP contribution in [0.25, 0.3) is 10.9 Å². The van der Waals surface area contributed by atoms with E-state index in [1.54, 1.807) is 0 Å². The van der Waals surface area contributed by atoms with Crippen LogP contribution in [0.5, 0.6) is 5.75 Å². The number of fused-ring (bicyclic) bond motifs is 1. The first-order valence-corrected chi connectivity index (χ1v) is 9.83. The zero-order valence-corrected chi connectivity index (χ0v) is 17.0. The van der Waals surface area contributed by atoms with E-state index in [0.717, 1.165) is 33.8 Å². The number of nitrogens with one attached hydrogen (secondary N) is 1. The topological polar surface area (TPSA) is 63.6 Å². The second-order valence-electron chi connectivity index (χ2n) is 6.32. The van der Waals surface area contributed by atoms with Gasteiger partial charge in [0, 0.05) is 16.0 Å². The molecule has 3 rings (SSSR count). The number of alkyl halides is 3. The average molecular weight is 433 g/mol. The Balaban J connectivity index is 1.64. The lowest BCUT2D eigenvalue weighted by molar-refractivity contribution is -0.138. The van der Waals surface area contributed by atoms with Crippen LogP contribution >= 0.6 is 11.8 Å². The predicted molar refractivity (Wildman–Crippen MR) is 111 cm³/mol. The summed E-state index contributed by atoms with van der Waals surface area (Å²) in [5.74, 6) is -0.555. The molecule has 1 amide bonds. The Hall–Kier alpha value is -3.07. The highest BCUT2D eigenvalue weighted by atomic mass is 32.2. The van der Waals surface area contributed by atoms with Crippen molar-refractivity contribution in [3.8, 4) is 5.75 Å². The summed E-state index contributed by atoms with van der Waals surface area (Å²) in [6.45, 7) is 1.88. The smallest absolute Gasteiger partial charge is 0.419 e. The lowest BCUT2D eigenvalue weighted by atomic mass is 10.1. The molecule has 0 aliphatic carbocycles. The minimum absolute atomic E-state index is 0.0984. The molecule has 0 saturated heterocycles. The van der Waals surface area contributed by atoms with Crippen LogP contribution in [0.1, 0.15) is 16.8 Å². The molecule has 9 heteroatoms. The molecule has 30 heavy (non-hydrogen) atoms. The van der Waals surface area contributed by atoms with Gasteiger partial charge in [0.1, 0.15) is 5.75 Å². The van der Waals surface area contributed by atoms with E-state index in [4.69, 9.17) is 4.74 Å². The van der Waals surface area contributed by atoms with Gasteiger partial charge >= 0.3 is 6.18 Å². The van der Waals surface area contributed by atoms with Crippen molar-refractivity contribution in [3.63, 3.8) is 0 Å². The van der Waals surface area contributed by atoms with E-state index < -0.39 is 11.7 Å². The van der Waals surface area contributed by atoms with Crippen LogP contribution in [0, 0.1) is 6.92 Å². The number of aryl methyl sites for hydroxylation is 1. The third-order valence-electron chi connectivity index (χ3n) is 4.10. The lowest BCUT2D eigenvalue weighted by Crippen LogP contribution is -2.19. The largest absolute Gasteiger partial charge is 0.496 e. The van der Waals surface area contributed by atoms with Gasteiger partial charge in [-0.25, -0.2) is 5.43 Å². The van der Waals surface area contributed by atoms with Crippen molar-refractivity contribution in [1.29, 1.82) is 0 Å². The average Bonchev–Trinajstić information content (AvgIpc) is 2.71. The van der Waals surface area contributed by atoms with Gasteiger partial charge in [-0.3, -0.25) is 9.78 Å². The van der Waals surface area contributed by atoms with Crippen LogP contribution in [0.4, 0.5) is 13.2 Å². The number of pyridine rings is 1. The van der Waals surface area contributed by atoms with Gasteiger partial charge in [-0.15, -0.1) is 11.8 Å². The third-order valence-corrected chi connectivity index (χ3v) is 5.15. The Morgan fingerprint density at radius 1 is 1.23 bits per heavy atom. The first-order valence-electron chi connectivity index (χ1n) is 8.84. The zero-order chi connectivity index (χ0) is 21.7. The summed E-state index contributed by atoms with van der Waals surface area (Å²) in [5.41, 5.74) is 3.30. The third kappa shape index (κ3) is 5.29. The number of methoxy groups -OCH3 is 1. The summed E-state index contributed by atoms with van der Waals surface area (Å²) in [7, 11) is 1.17. The van der Waals surface area contributed by atoms with Crippen molar-refractivity contribution < 1.29 is 22.7 Å². The lowest BCUT2D eigenvalue weighted by Gasteiger charge is -2.12. The Morgan fingerprint density at radius 2 is 2.00 bits per heavy atom. The number of amides is 1. The molecule has 0 radical (unpaired) electrons. The van der Waals surface area contributed by atoms with Crippen LogP contribution in [0.15, 0.2) is 58.5 Å². The van der Waals surface area contributed by atoms with Crippen LogP contribution in [-0.2, 0) is 11.0 Å². The Labute approximate surface area is 175 Å². The molecular weight excluding hydrogens is 415 g/mol. The molecule has 0 spiro atoms. The summed E-state index contributed by atoms with van der Waals surface area (Å²) in [6.07, 6.45) is -3.40. The number of halogens is 3. The van der Waals surface area contributed by atoms with Crippen LogP contribution in [-0.4, -0.2) is 30.0 Å². The second kappa shape index (κ2) is 9.17. The SMILES string of the molecule is COc1ccc(/C=N/NC(=O)CSc2cc(C)nc3ccccc23)cc1C(F)(F)F. The van der Waals surface area contributed by atoms with Gasteiger partial charge in [0.25, 0.3) is 0 Å². The number of rotatable bonds is 6. The van der Waals surface area contributed by atoms with Gasteiger partial charge in [0.2, 0.25) is 5.91 Å². The molecule has 1 aromatic heterocycles. The monoisotopic (exact) mass is 433 g/mol. The number of carbonyl (C=O) groups excluding carboxylic acids is 1. The normalized spacial score (nSPS) is 11.8. The van der Waals surface area contributed by atoms with Gasteiger partial charge < -0.3 is 4.74 Å². The second-order valence-corrected chi connectivity index (χ2v) is 7.34. The molecule has 0 atom stereocenters. The Morgan fingerprint density at radius 3 is 2.73 bits per heavy atom. The quantitative estimate of drug-likeness (QED) is 0.344. The van der Waals surface area contributed by atoms with E-state index in [1.165, 1.54) is 31.0 Å². The molecule has 5 nitrogen and oxygen atoms in total. The van der Waals surface area contributed by atoms with Crippen molar-refractivity contribution in [1.82, 2.24) is 10.4 Å². The molecule has 0 aliphatic heterocycles. The summed E-state index contributed by atoms with van der Waals surface area (Å²) in [4.78, 5) is 17.5. The maximum Gasteiger partial charge on any atom is 0.419 e. The summed E-state index contributed by atoms with van der Waals surface area (Å²) >= 11 is 1.34. The number of hydrogen-bond donors (Lipinski definition) is 1. The molecule has 0 saturated carbocycles. The number of ether oxygens (including phenoxy) is 1. The molecule has 3 aromatic rings. The minimum Gasteiger partial charge on any atom is -0.496 e. The first kappa shape index (κ1) is 21.6. The zero-order valence-electron chi connectivity index (χ0n) is 16.2. The number of carbonyl (C=O) groups is 1. The van der Waals surface area contributed by atoms with Gasteiger partial charge in [0.15, 0.2) is 0 Å². The van der Waals surface area contributed by atoms with E-state index in [2.05, 4.69) is 15.5 Å². The minimum atomic E-state index is -4.56. The fraction of sp³-hybridized carbons (Fsp3) is 0.190. The summed E-state index contributed by atoms with van der Waals surface area (Å²) in [5, 5.41) is 4.70. The van der Waals surface area contributed by atoms with Crippen molar-refractivity contribution in [2.24, 2.45) is 5.10 Å². The molecule has 0 aliphatic rings. The van der Waals surface area contributed by atoms with E-state index in [9.17, 15) is 18.0 Å². The van der Waals surface area contributed by atoms with Gasteiger partial charge in [0.05, 0.1) is 30.2 Å². The van der Waals surface area contributed by atoms with Crippen LogP contribution in [0.2, 0.25) is 0 Å². The van der Waals surface area contributed by atoms with Crippen molar-refractivity contribution >= 4 is 34.8 Å². The molecule has 1 N–H and O–H groups in total. The fourth-order valence-electron chi connectivity index (χ4n) is 2.77. The summed E-state index contributed by atoms with van der Waals surface area (Å²) < 4.78 is 43.9. The standard InChI is InChI=1S/C21H18F3N3O2S/c1-13-9-19(15-5-3-4-6-17(15)26-13)30-12-20(28)27-25-11-14-7-8-18(29-2)16(10-14)21(22,23)24/h3-11H,12H2,1-2H3,(H,27,28)/b25-11+. The summed E-state index contributed by atoms with van der Waals surface area (Å²) in [6, 6.07) is 13.1. The van der Waals surface area contributed by atoms with Gasteiger partial charge in [-0.05, 0) is 42.8 Å². The number of thioether (sulfide) groups is 1. The molecule has 0 bridgehead atoms. The number of aromatic nitrogens is 1. The van der Waals surface area contributed by atoms with E-state index in [1.807, 2.05) is 37.3 Å². The highest BCUT2D eigenvalue weighted by Gasteiger charge is 2.34. The Bertz CT molecular complexity index is 1100. The van der Waals surface area contributed by atoms with Crippen LogP contribution in [0.3, 0.4) is 0 Å². The highest BCUT2D eigenvalue weighted by Crippen LogP contribution is 2.36. The van der Waals surface area contributed by atoms with E-state index >= 15 is 0 Å². The number of benzene rings is 2.